The highest BCUT2D eigenvalue weighted by Gasteiger charge is 2.15. The number of halogens is 1. The summed E-state index contributed by atoms with van der Waals surface area (Å²) in [6.07, 6.45) is 0. The van der Waals surface area contributed by atoms with Gasteiger partial charge in [-0.2, -0.15) is 5.21 Å². The largest absolute Gasteiger partial charge is 0.490 e. The molecule has 1 aromatic heterocycles. The van der Waals surface area contributed by atoms with Crippen LogP contribution in [0.2, 0.25) is 0 Å². The molecule has 0 radical (unpaired) electrons. The molecule has 0 atom stereocenters. The summed E-state index contributed by atoms with van der Waals surface area (Å²) >= 11 is 3.48. The van der Waals surface area contributed by atoms with E-state index >= 15 is 0 Å². The number of hydrogen-bond acceptors (Lipinski definition) is 7. The first-order valence-electron chi connectivity index (χ1n) is 7.64. The minimum absolute atomic E-state index is 0.0365. The van der Waals surface area contributed by atoms with Gasteiger partial charge >= 0.3 is 0 Å². The number of rotatable bonds is 7. The molecule has 1 heterocycles. The van der Waals surface area contributed by atoms with E-state index in [2.05, 4.69) is 36.6 Å². The summed E-state index contributed by atoms with van der Waals surface area (Å²) in [5, 5.41) is 24.6. The molecule has 0 saturated heterocycles. The van der Waals surface area contributed by atoms with Gasteiger partial charge in [0.05, 0.1) is 16.0 Å². The molecule has 0 aliphatic carbocycles. The normalized spacial score (nSPS) is 10.5. The van der Waals surface area contributed by atoms with Crippen LogP contribution in [0.3, 0.4) is 0 Å². The number of ether oxygens (including phenoxy) is 2. The highest BCUT2D eigenvalue weighted by atomic mass is 79.9. The summed E-state index contributed by atoms with van der Waals surface area (Å²) in [5.74, 6) is 1.50. The molecule has 0 aliphatic rings. The van der Waals surface area contributed by atoms with Crippen molar-refractivity contribution in [3.63, 3.8) is 0 Å². The maximum atomic E-state index is 10.7. The Hall–Kier alpha value is -3.01. The Morgan fingerprint density at radius 2 is 2.00 bits per heavy atom. The minimum atomic E-state index is -0.439. The second kappa shape index (κ2) is 7.91. The van der Waals surface area contributed by atoms with Gasteiger partial charge in [-0.15, -0.1) is 10.2 Å². The second-order valence-electron chi connectivity index (χ2n) is 5.17. The lowest BCUT2D eigenvalue weighted by Gasteiger charge is -2.14. The zero-order chi connectivity index (χ0) is 18.5. The third-order valence-electron chi connectivity index (χ3n) is 3.44. The molecule has 3 aromatic rings. The Bertz CT molecular complexity index is 900. The molecule has 0 fully saturated rings. The van der Waals surface area contributed by atoms with E-state index in [1.54, 1.807) is 24.3 Å². The van der Waals surface area contributed by atoms with Crippen molar-refractivity contribution >= 4 is 21.6 Å². The second-order valence-corrected chi connectivity index (χ2v) is 6.02. The summed E-state index contributed by atoms with van der Waals surface area (Å²) in [7, 11) is 0. The molecule has 0 amide bonds. The van der Waals surface area contributed by atoms with Crippen LogP contribution < -0.4 is 9.47 Å². The Kier molecular flexibility index (Phi) is 5.42. The van der Waals surface area contributed by atoms with Gasteiger partial charge in [-0.05, 0) is 57.9 Å². The predicted molar refractivity (Wildman–Crippen MR) is 95.9 cm³/mol. The van der Waals surface area contributed by atoms with E-state index in [9.17, 15) is 10.1 Å². The standard InChI is InChI=1S/C16H14BrN5O4/c1-2-25-14-8-11(16-18-20-21-19-16)7-13(17)15(14)26-9-10-3-5-12(6-4-10)22(23)24/h3-8H,2,9H2,1H3,(H,18,19,20,21). The molecule has 9 nitrogen and oxygen atoms in total. The van der Waals surface area contributed by atoms with Gasteiger partial charge in [0.2, 0.25) is 5.82 Å². The van der Waals surface area contributed by atoms with Crippen molar-refractivity contribution in [2.24, 2.45) is 0 Å². The van der Waals surface area contributed by atoms with Crippen LogP contribution in [0.25, 0.3) is 11.4 Å². The molecule has 0 aliphatic heterocycles. The number of H-pyrrole nitrogens is 1. The first-order valence-corrected chi connectivity index (χ1v) is 8.44. The SMILES string of the molecule is CCOc1cc(-c2nn[nH]n2)cc(Br)c1OCc1ccc([N+](=O)[O-])cc1. The Balaban J connectivity index is 1.83. The maximum Gasteiger partial charge on any atom is 0.269 e. The van der Waals surface area contributed by atoms with E-state index in [-0.39, 0.29) is 12.3 Å². The lowest BCUT2D eigenvalue weighted by Crippen LogP contribution is -2.01. The van der Waals surface area contributed by atoms with Crippen molar-refractivity contribution in [2.75, 3.05) is 6.61 Å². The van der Waals surface area contributed by atoms with Gasteiger partial charge in [-0.1, -0.05) is 0 Å². The zero-order valence-corrected chi connectivity index (χ0v) is 15.3. The van der Waals surface area contributed by atoms with E-state index in [4.69, 9.17) is 9.47 Å². The van der Waals surface area contributed by atoms with E-state index in [0.717, 1.165) is 11.1 Å². The number of nitrogens with zero attached hydrogens (tertiary/aromatic N) is 4. The summed E-state index contributed by atoms with van der Waals surface area (Å²) < 4.78 is 12.2. The van der Waals surface area contributed by atoms with Gasteiger partial charge in [-0.3, -0.25) is 10.1 Å². The number of nitrogens with one attached hydrogen (secondary N) is 1. The molecular weight excluding hydrogens is 406 g/mol. The first-order chi connectivity index (χ1) is 12.6. The third-order valence-corrected chi connectivity index (χ3v) is 4.03. The number of nitro benzene ring substituents is 1. The number of aromatic nitrogens is 4. The lowest BCUT2D eigenvalue weighted by molar-refractivity contribution is -0.384. The van der Waals surface area contributed by atoms with E-state index < -0.39 is 4.92 Å². The van der Waals surface area contributed by atoms with Crippen molar-refractivity contribution in [3.05, 3.63) is 56.5 Å². The Morgan fingerprint density at radius 1 is 1.23 bits per heavy atom. The van der Waals surface area contributed by atoms with Crippen molar-refractivity contribution in [1.29, 1.82) is 0 Å². The van der Waals surface area contributed by atoms with Crippen LogP contribution in [0.1, 0.15) is 12.5 Å². The molecule has 134 valence electrons. The molecular formula is C16H14BrN5O4. The molecule has 3 rings (SSSR count). The minimum Gasteiger partial charge on any atom is -0.490 e. The summed E-state index contributed by atoms with van der Waals surface area (Å²) in [4.78, 5) is 10.3. The van der Waals surface area contributed by atoms with Gasteiger partial charge < -0.3 is 9.47 Å². The predicted octanol–water partition coefficient (Wildman–Crippen LogP) is 3.52. The fourth-order valence-corrected chi connectivity index (χ4v) is 2.81. The fourth-order valence-electron chi connectivity index (χ4n) is 2.25. The number of benzene rings is 2. The van der Waals surface area contributed by atoms with Crippen LogP contribution in [0, 0.1) is 10.1 Å². The molecule has 0 saturated carbocycles. The van der Waals surface area contributed by atoms with E-state index in [0.29, 0.717) is 28.4 Å². The Morgan fingerprint density at radius 3 is 2.62 bits per heavy atom. The molecule has 26 heavy (non-hydrogen) atoms. The molecule has 0 spiro atoms. The number of nitro groups is 1. The molecule has 0 unspecified atom stereocenters. The fraction of sp³-hybridized carbons (Fsp3) is 0.188. The topological polar surface area (TPSA) is 116 Å². The molecule has 2 aromatic carbocycles. The zero-order valence-electron chi connectivity index (χ0n) is 13.7. The average molecular weight is 420 g/mol. The van der Waals surface area contributed by atoms with Crippen molar-refractivity contribution in [2.45, 2.75) is 13.5 Å². The van der Waals surface area contributed by atoms with Gasteiger partial charge in [0, 0.05) is 17.7 Å². The highest BCUT2D eigenvalue weighted by molar-refractivity contribution is 9.10. The average Bonchev–Trinajstić information content (AvgIpc) is 3.16. The summed E-state index contributed by atoms with van der Waals surface area (Å²) in [6, 6.07) is 9.76. The smallest absolute Gasteiger partial charge is 0.269 e. The van der Waals surface area contributed by atoms with Crippen LogP contribution in [0.5, 0.6) is 11.5 Å². The van der Waals surface area contributed by atoms with Crippen LogP contribution >= 0.6 is 15.9 Å². The number of hydrogen-bond donors (Lipinski definition) is 1. The molecule has 10 heteroatoms. The van der Waals surface area contributed by atoms with Crippen LogP contribution in [-0.4, -0.2) is 32.2 Å². The van der Waals surface area contributed by atoms with Crippen molar-refractivity contribution in [3.8, 4) is 22.9 Å². The molecule has 0 bridgehead atoms. The van der Waals surface area contributed by atoms with Crippen LogP contribution in [0.4, 0.5) is 5.69 Å². The van der Waals surface area contributed by atoms with Gasteiger partial charge in [0.1, 0.15) is 6.61 Å². The number of tetrazole rings is 1. The third kappa shape index (κ3) is 3.97. The lowest BCUT2D eigenvalue weighted by atomic mass is 10.2. The van der Waals surface area contributed by atoms with Crippen LogP contribution in [0.15, 0.2) is 40.9 Å². The van der Waals surface area contributed by atoms with E-state index in [1.807, 2.05) is 6.92 Å². The van der Waals surface area contributed by atoms with Crippen LogP contribution in [-0.2, 0) is 6.61 Å². The monoisotopic (exact) mass is 419 g/mol. The van der Waals surface area contributed by atoms with Crippen molar-refractivity contribution in [1.82, 2.24) is 20.6 Å². The van der Waals surface area contributed by atoms with Gasteiger partial charge in [-0.25, -0.2) is 0 Å². The van der Waals surface area contributed by atoms with Crippen molar-refractivity contribution < 1.29 is 14.4 Å². The Labute approximate surface area is 156 Å². The maximum absolute atomic E-state index is 10.7. The first kappa shape index (κ1) is 17.8. The van der Waals surface area contributed by atoms with Gasteiger partial charge in [0.25, 0.3) is 5.69 Å². The molecule has 1 N–H and O–H groups in total. The quantitative estimate of drug-likeness (QED) is 0.459. The number of aromatic amines is 1. The summed E-state index contributed by atoms with van der Waals surface area (Å²) in [5.41, 5.74) is 1.55. The summed E-state index contributed by atoms with van der Waals surface area (Å²) in [6.45, 7) is 2.56. The highest BCUT2D eigenvalue weighted by Crippen LogP contribution is 2.39. The van der Waals surface area contributed by atoms with Gasteiger partial charge in [0.15, 0.2) is 11.5 Å². The number of non-ortho nitro benzene ring substituents is 1. The van der Waals surface area contributed by atoms with E-state index in [1.165, 1.54) is 12.1 Å².